The highest BCUT2D eigenvalue weighted by molar-refractivity contribution is 5.43. The fraction of sp³-hybridized carbons (Fsp3) is 0.267. The van der Waals surface area contributed by atoms with Crippen LogP contribution in [0, 0.1) is 0 Å². The van der Waals surface area contributed by atoms with Crippen molar-refractivity contribution in [3.8, 4) is 17.4 Å². The Hall–Kier alpha value is -2.27. The molecule has 0 amide bonds. The van der Waals surface area contributed by atoms with E-state index in [0.29, 0.717) is 30.5 Å². The summed E-state index contributed by atoms with van der Waals surface area (Å²) in [5.74, 6) is 1.88. The van der Waals surface area contributed by atoms with Gasteiger partial charge in [0.05, 0.1) is 19.8 Å². The third-order valence-electron chi connectivity index (χ3n) is 2.89. The fourth-order valence-corrected chi connectivity index (χ4v) is 1.83. The van der Waals surface area contributed by atoms with Gasteiger partial charge in [0.1, 0.15) is 6.61 Å². The second-order valence-electron chi connectivity index (χ2n) is 4.15. The molecule has 0 saturated carbocycles. The monoisotopic (exact) mass is 274 g/mol. The maximum Gasteiger partial charge on any atom is 0.219 e. The second-order valence-corrected chi connectivity index (χ2v) is 4.15. The van der Waals surface area contributed by atoms with E-state index in [9.17, 15) is 0 Å². The normalized spacial score (nSPS) is 10.2. The summed E-state index contributed by atoms with van der Waals surface area (Å²) in [5.41, 5.74) is 7.49. The van der Waals surface area contributed by atoms with E-state index in [4.69, 9.17) is 19.9 Å². The van der Waals surface area contributed by atoms with Crippen LogP contribution in [0.15, 0.2) is 36.5 Å². The van der Waals surface area contributed by atoms with E-state index in [-0.39, 0.29) is 0 Å². The van der Waals surface area contributed by atoms with Crippen molar-refractivity contribution in [1.29, 1.82) is 0 Å². The molecule has 5 heteroatoms. The summed E-state index contributed by atoms with van der Waals surface area (Å²) in [5, 5.41) is 0. The molecule has 2 aromatic rings. The smallest absolute Gasteiger partial charge is 0.219 e. The summed E-state index contributed by atoms with van der Waals surface area (Å²) in [4.78, 5) is 4.13. The lowest BCUT2D eigenvalue weighted by Crippen LogP contribution is -2.03. The molecule has 0 aliphatic rings. The summed E-state index contributed by atoms with van der Waals surface area (Å²) in [6.07, 6.45) is 1.68. The van der Waals surface area contributed by atoms with Crippen molar-refractivity contribution < 1.29 is 14.2 Å². The van der Waals surface area contributed by atoms with E-state index >= 15 is 0 Å². The van der Waals surface area contributed by atoms with Crippen LogP contribution in [0.25, 0.3) is 0 Å². The Kier molecular flexibility index (Phi) is 4.79. The molecule has 1 aromatic heterocycles. The van der Waals surface area contributed by atoms with Gasteiger partial charge in [-0.1, -0.05) is 6.07 Å². The molecule has 5 nitrogen and oxygen atoms in total. The van der Waals surface area contributed by atoms with Gasteiger partial charge in [-0.25, -0.2) is 4.98 Å². The minimum Gasteiger partial charge on any atom is -0.493 e. The van der Waals surface area contributed by atoms with Crippen molar-refractivity contribution in [2.75, 3.05) is 14.2 Å². The first-order valence-corrected chi connectivity index (χ1v) is 6.26. The van der Waals surface area contributed by atoms with Gasteiger partial charge in [-0.2, -0.15) is 0 Å². The van der Waals surface area contributed by atoms with Gasteiger partial charge in [0.25, 0.3) is 0 Å². The molecule has 106 valence electrons. The van der Waals surface area contributed by atoms with Gasteiger partial charge in [0.2, 0.25) is 5.88 Å². The Morgan fingerprint density at radius 3 is 2.65 bits per heavy atom. The van der Waals surface area contributed by atoms with Crippen LogP contribution in [0.5, 0.6) is 17.4 Å². The summed E-state index contributed by atoms with van der Waals surface area (Å²) in [6.45, 7) is 0.804. The summed E-state index contributed by atoms with van der Waals surface area (Å²) in [6, 6.07) is 9.38. The molecule has 0 aliphatic carbocycles. The molecule has 0 spiro atoms. The number of methoxy groups -OCH3 is 2. The van der Waals surface area contributed by atoms with Crippen LogP contribution < -0.4 is 19.9 Å². The van der Waals surface area contributed by atoms with Crippen molar-refractivity contribution in [2.24, 2.45) is 5.73 Å². The lowest BCUT2D eigenvalue weighted by Gasteiger charge is -2.13. The number of hydrogen-bond donors (Lipinski definition) is 1. The maximum atomic E-state index is 5.80. The molecule has 2 rings (SSSR count). The molecule has 0 aliphatic heterocycles. The Balaban J connectivity index is 2.17. The molecule has 0 radical (unpaired) electrons. The minimum absolute atomic E-state index is 0.349. The highest BCUT2D eigenvalue weighted by Gasteiger charge is 2.08. The third kappa shape index (κ3) is 3.19. The van der Waals surface area contributed by atoms with Gasteiger partial charge in [-0.05, 0) is 29.8 Å². The van der Waals surface area contributed by atoms with E-state index in [2.05, 4.69) is 4.98 Å². The van der Waals surface area contributed by atoms with Gasteiger partial charge in [-0.15, -0.1) is 0 Å². The molecule has 20 heavy (non-hydrogen) atoms. The van der Waals surface area contributed by atoms with Crippen molar-refractivity contribution in [2.45, 2.75) is 13.2 Å². The number of benzene rings is 1. The van der Waals surface area contributed by atoms with E-state index in [0.717, 1.165) is 11.1 Å². The number of pyridine rings is 1. The zero-order chi connectivity index (χ0) is 14.4. The summed E-state index contributed by atoms with van der Waals surface area (Å²) >= 11 is 0. The molecule has 1 heterocycles. The Morgan fingerprint density at radius 1 is 1.10 bits per heavy atom. The van der Waals surface area contributed by atoms with Crippen molar-refractivity contribution in [3.63, 3.8) is 0 Å². The maximum absolute atomic E-state index is 5.80. The lowest BCUT2D eigenvalue weighted by atomic mass is 10.2. The zero-order valence-corrected chi connectivity index (χ0v) is 11.6. The Labute approximate surface area is 118 Å². The molecule has 0 fully saturated rings. The quantitative estimate of drug-likeness (QED) is 0.874. The predicted octanol–water partition coefficient (Wildman–Crippen LogP) is 2.14. The van der Waals surface area contributed by atoms with E-state index in [1.54, 1.807) is 20.4 Å². The number of aromatic nitrogens is 1. The van der Waals surface area contributed by atoms with Crippen molar-refractivity contribution in [1.82, 2.24) is 4.98 Å². The first-order chi connectivity index (χ1) is 9.78. The SMILES string of the molecule is COc1ccc(CN)cc1OCc1cccnc1OC. The largest absolute Gasteiger partial charge is 0.493 e. The Bertz CT molecular complexity index is 573. The van der Waals surface area contributed by atoms with Crippen LogP contribution in [0.4, 0.5) is 0 Å². The average Bonchev–Trinajstić information content (AvgIpc) is 2.52. The van der Waals surface area contributed by atoms with Crippen molar-refractivity contribution in [3.05, 3.63) is 47.7 Å². The molecule has 1 aromatic carbocycles. The highest BCUT2D eigenvalue weighted by atomic mass is 16.5. The first kappa shape index (κ1) is 14.1. The van der Waals surface area contributed by atoms with Gasteiger partial charge in [-0.3, -0.25) is 0 Å². The summed E-state index contributed by atoms with van der Waals surface area (Å²) < 4.78 is 16.3. The van der Waals surface area contributed by atoms with E-state index in [1.807, 2.05) is 30.3 Å². The number of rotatable bonds is 6. The van der Waals surface area contributed by atoms with Crippen LogP contribution in [-0.4, -0.2) is 19.2 Å². The molecule has 0 bridgehead atoms. The van der Waals surface area contributed by atoms with Crippen LogP contribution in [0.3, 0.4) is 0 Å². The predicted molar refractivity (Wildman–Crippen MR) is 76.0 cm³/mol. The Morgan fingerprint density at radius 2 is 1.95 bits per heavy atom. The van der Waals surface area contributed by atoms with Crippen molar-refractivity contribution >= 4 is 0 Å². The van der Waals surface area contributed by atoms with Crippen LogP contribution >= 0.6 is 0 Å². The zero-order valence-electron chi connectivity index (χ0n) is 11.6. The number of nitrogens with two attached hydrogens (primary N) is 1. The molecule has 0 saturated heterocycles. The topological polar surface area (TPSA) is 66.6 Å². The molecular formula is C15H18N2O3. The first-order valence-electron chi connectivity index (χ1n) is 6.26. The van der Waals surface area contributed by atoms with Gasteiger partial charge in [0.15, 0.2) is 11.5 Å². The molecule has 0 unspecified atom stereocenters. The summed E-state index contributed by atoms with van der Waals surface area (Å²) in [7, 11) is 3.19. The van der Waals surface area contributed by atoms with Crippen LogP contribution in [0.2, 0.25) is 0 Å². The molecular weight excluding hydrogens is 256 g/mol. The second kappa shape index (κ2) is 6.77. The highest BCUT2D eigenvalue weighted by Crippen LogP contribution is 2.29. The van der Waals surface area contributed by atoms with Gasteiger partial charge < -0.3 is 19.9 Å². The fourth-order valence-electron chi connectivity index (χ4n) is 1.83. The van der Waals surface area contributed by atoms with Gasteiger partial charge in [0, 0.05) is 12.7 Å². The third-order valence-corrected chi connectivity index (χ3v) is 2.89. The number of nitrogens with zero attached hydrogens (tertiary/aromatic N) is 1. The number of ether oxygens (including phenoxy) is 3. The standard InChI is InChI=1S/C15H18N2O3/c1-18-13-6-5-11(9-16)8-14(13)20-10-12-4-3-7-17-15(12)19-2/h3-8H,9-10,16H2,1-2H3. The van der Waals surface area contributed by atoms with Crippen LogP contribution in [-0.2, 0) is 13.2 Å². The average molecular weight is 274 g/mol. The van der Waals surface area contributed by atoms with E-state index < -0.39 is 0 Å². The molecule has 2 N–H and O–H groups in total. The molecule has 0 atom stereocenters. The van der Waals surface area contributed by atoms with Crippen LogP contribution in [0.1, 0.15) is 11.1 Å². The minimum atomic E-state index is 0.349. The lowest BCUT2D eigenvalue weighted by molar-refractivity contribution is 0.276. The number of hydrogen-bond acceptors (Lipinski definition) is 5. The van der Waals surface area contributed by atoms with Gasteiger partial charge >= 0.3 is 0 Å². The van der Waals surface area contributed by atoms with E-state index in [1.165, 1.54) is 0 Å².